The smallest absolute Gasteiger partial charge is 0.225 e. The molecule has 0 spiro atoms. The average Bonchev–Trinajstić information content (AvgIpc) is 3.42. The van der Waals surface area contributed by atoms with Gasteiger partial charge in [-0.3, -0.25) is 9.78 Å². The fourth-order valence-corrected chi connectivity index (χ4v) is 4.77. The summed E-state index contributed by atoms with van der Waals surface area (Å²) in [4.78, 5) is 18.7. The molecular weight excluding hydrogens is 417 g/mol. The summed E-state index contributed by atoms with van der Waals surface area (Å²) in [5.74, 6) is 1.06. The summed E-state index contributed by atoms with van der Waals surface area (Å²) in [6, 6.07) is 15.1. The van der Waals surface area contributed by atoms with Crippen LogP contribution >= 0.6 is 0 Å². The van der Waals surface area contributed by atoms with Crippen molar-refractivity contribution in [2.45, 2.75) is 25.8 Å². The topological polar surface area (TPSA) is 63.9 Å². The van der Waals surface area contributed by atoms with E-state index in [4.69, 9.17) is 0 Å². The monoisotopic (exact) mass is 441 g/mol. The Kier molecular flexibility index (Phi) is 4.89. The van der Waals surface area contributed by atoms with Crippen molar-refractivity contribution >= 4 is 16.8 Å². The Labute approximate surface area is 191 Å². The second kappa shape index (κ2) is 8.06. The van der Waals surface area contributed by atoms with Crippen molar-refractivity contribution in [3.05, 3.63) is 66.9 Å². The van der Waals surface area contributed by atoms with E-state index in [1.54, 1.807) is 24.7 Å². The molecule has 4 aromatic rings. The molecule has 1 atom stereocenters. The number of benzene rings is 2. The number of pyridine rings is 1. The van der Waals surface area contributed by atoms with Crippen LogP contribution in [0.2, 0.25) is 0 Å². The minimum atomic E-state index is -0.333. The number of carbonyl (C=O) groups excluding carboxylic acids is 1. The number of carbonyl (C=O) groups is 1. The summed E-state index contributed by atoms with van der Waals surface area (Å²) in [6.45, 7) is 2.24. The van der Waals surface area contributed by atoms with E-state index in [0.29, 0.717) is 29.8 Å². The van der Waals surface area contributed by atoms with Gasteiger partial charge in [-0.05, 0) is 60.6 Å². The highest BCUT2D eigenvalue weighted by atomic mass is 19.1. The third kappa shape index (κ3) is 3.88. The summed E-state index contributed by atoms with van der Waals surface area (Å²) in [6.07, 6.45) is 6.42. The SMILES string of the molecule is O=C(C1CC1)N1CCC(Cn2cnnc2-c2ccc(-c3ccc4cccnc4c3)cc2F)C1. The number of likely N-dealkylation sites (tertiary alicyclic amines) is 1. The zero-order chi connectivity index (χ0) is 22.4. The first-order chi connectivity index (χ1) is 16.2. The molecule has 6 nitrogen and oxygen atoms in total. The van der Waals surface area contributed by atoms with E-state index >= 15 is 4.39 Å². The van der Waals surface area contributed by atoms with Crippen LogP contribution in [0.25, 0.3) is 33.4 Å². The van der Waals surface area contributed by atoms with Crippen molar-refractivity contribution < 1.29 is 9.18 Å². The van der Waals surface area contributed by atoms with Crippen molar-refractivity contribution in [2.24, 2.45) is 11.8 Å². The number of rotatable bonds is 5. The summed E-state index contributed by atoms with van der Waals surface area (Å²) >= 11 is 0. The maximum Gasteiger partial charge on any atom is 0.225 e. The molecule has 6 rings (SSSR count). The number of aromatic nitrogens is 4. The third-order valence-corrected chi connectivity index (χ3v) is 6.74. The normalized spacial score (nSPS) is 18.2. The molecule has 2 aromatic carbocycles. The summed E-state index contributed by atoms with van der Waals surface area (Å²) in [7, 11) is 0. The Bertz CT molecular complexity index is 1350. The number of amides is 1. The zero-order valence-electron chi connectivity index (χ0n) is 18.2. The van der Waals surface area contributed by atoms with E-state index in [1.807, 2.05) is 45.9 Å². The molecule has 2 fully saturated rings. The van der Waals surface area contributed by atoms with Crippen molar-refractivity contribution in [2.75, 3.05) is 13.1 Å². The van der Waals surface area contributed by atoms with Crippen LogP contribution in [0.5, 0.6) is 0 Å². The van der Waals surface area contributed by atoms with Crippen LogP contribution in [0, 0.1) is 17.7 Å². The van der Waals surface area contributed by atoms with Gasteiger partial charge >= 0.3 is 0 Å². The molecule has 1 aliphatic carbocycles. The number of halogens is 1. The van der Waals surface area contributed by atoms with Gasteiger partial charge in [0.1, 0.15) is 12.1 Å². The first-order valence-corrected chi connectivity index (χ1v) is 11.5. The third-order valence-electron chi connectivity index (χ3n) is 6.74. The first-order valence-electron chi connectivity index (χ1n) is 11.5. The highest BCUT2D eigenvalue weighted by Gasteiger charge is 2.36. The molecule has 166 valence electrons. The van der Waals surface area contributed by atoms with Crippen molar-refractivity contribution in [3.63, 3.8) is 0 Å². The Hall–Kier alpha value is -3.61. The number of hydrogen-bond acceptors (Lipinski definition) is 4. The molecule has 0 radical (unpaired) electrons. The van der Waals surface area contributed by atoms with Gasteiger partial charge < -0.3 is 9.47 Å². The van der Waals surface area contributed by atoms with Gasteiger partial charge in [0, 0.05) is 37.1 Å². The first kappa shape index (κ1) is 20.0. The molecule has 1 saturated carbocycles. The van der Waals surface area contributed by atoms with Gasteiger partial charge in [-0.25, -0.2) is 4.39 Å². The van der Waals surface area contributed by atoms with E-state index in [1.165, 1.54) is 0 Å². The average molecular weight is 442 g/mol. The highest BCUT2D eigenvalue weighted by Crippen LogP contribution is 2.34. The van der Waals surface area contributed by atoms with Crippen molar-refractivity contribution in [1.29, 1.82) is 0 Å². The van der Waals surface area contributed by atoms with Crippen LogP contribution in [0.4, 0.5) is 4.39 Å². The Morgan fingerprint density at radius 1 is 1.06 bits per heavy atom. The lowest BCUT2D eigenvalue weighted by atomic mass is 10.0. The van der Waals surface area contributed by atoms with E-state index in [9.17, 15) is 4.79 Å². The van der Waals surface area contributed by atoms with Gasteiger partial charge in [-0.1, -0.05) is 24.3 Å². The Morgan fingerprint density at radius 3 is 2.76 bits per heavy atom. The predicted octanol–water partition coefficient (Wildman–Crippen LogP) is 4.56. The second-order valence-corrected chi connectivity index (χ2v) is 9.13. The zero-order valence-corrected chi connectivity index (χ0v) is 18.2. The molecule has 1 aliphatic heterocycles. The molecule has 33 heavy (non-hydrogen) atoms. The molecule has 3 heterocycles. The van der Waals surface area contributed by atoms with Gasteiger partial charge in [0.05, 0.1) is 11.1 Å². The molecule has 2 aliphatic rings. The second-order valence-electron chi connectivity index (χ2n) is 9.13. The number of hydrogen-bond donors (Lipinski definition) is 0. The lowest BCUT2D eigenvalue weighted by Gasteiger charge is -2.17. The van der Waals surface area contributed by atoms with Crippen LogP contribution in [-0.2, 0) is 11.3 Å². The lowest BCUT2D eigenvalue weighted by Crippen LogP contribution is -2.30. The van der Waals surface area contributed by atoms with Crippen LogP contribution in [0.15, 0.2) is 61.1 Å². The van der Waals surface area contributed by atoms with Crippen LogP contribution < -0.4 is 0 Å². The largest absolute Gasteiger partial charge is 0.342 e. The highest BCUT2D eigenvalue weighted by molar-refractivity contribution is 5.84. The molecule has 0 bridgehead atoms. The Morgan fingerprint density at radius 2 is 1.91 bits per heavy atom. The molecule has 1 unspecified atom stereocenters. The van der Waals surface area contributed by atoms with Gasteiger partial charge in [0.15, 0.2) is 5.82 Å². The van der Waals surface area contributed by atoms with Crippen LogP contribution in [-0.4, -0.2) is 43.6 Å². The summed E-state index contributed by atoms with van der Waals surface area (Å²) in [5, 5.41) is 9.31. The number of nitrogens with zero attached hydrogens (tertiary/aromatic N) is 5. The number of fused-ring (bicyclic) bond motifs is 1. The van der Waals surface area contributed by atoms with E-state index < -0.39 is 0 Å². The fraction of sp³-hybridized carbons (Fsp3) is 0.308. The lowest BCUT2D eigenvalue weighted by molar-refractivity contribution is -0.131. The maximum absolute atomic E-state index is 15.2. The standard InChI is InChI=1S/C26H24FN5O/c27-23-12-20(21-6-3-18-2-1-10-28-24(18)13-21)7-8-22(23)25-30-29-16-32(25)15-17-9-11-31(14-17)26(33)19-4-5-19/h1-3,6-8,10,12-13,16-17,19H,4-5,9,11,14-15H2. The minimum absolute atomic E-state index is 0.250. The van der Waals surface area contributed by atoms with E-state index in [-0.39, 0.29) is 11.7 Å². The molecule has 2 aromatic heterocycles. The van der Waals surface area contributed by atoms with E-state index in [2.05, 4.69) is 15.2 Å². The molecule has 7 heteroatoms. The molecular formula is C26H24FN5O. The van der Waals surface area contributed by atoms with Gasteiger partial charge in [0.2, 0.25) is 5.91 Å². The molecule has 0 N–H and O–H groups in total. The van der Waals surface area contributed by atoms with Gasteiger partial charge in [-0.2, -0.15) is 0 Å². The molecule has 1 amide bonds. The van der Waals surface area contributed by atoms with Crippen molar-refractivity contribution in [3.8, 4) is 22.5 Å². The van der Waals surface area contributed by atoms with Gasteiger partial charge in [-0.15, -0.1) is 10.2 Å². The van der Waals surface area contributed by atoms with Crippen LogP contribution in [0.3, 0.4) is 0 Å². The van der Waals surface area contributed by atoms with E-state index in [0.717, 1.165) is 54.4 Å². The predicted molar refractivity (Wildman–Crippen MR) is 124 cm³/mol. The fourth-order valence-electron chi connectivity index (χ4n) is 4.77. The maximum atomic E-state index is 15.2. The van der Waals surface area contributed by atoms with Gasteiger partial charge in [0.25, 0.3) is 0 Å². The van der Waals surface area contributed by atoms with Crippen molar-refractivity contribution in [1.82, 2.24) is 24.6 Å². The molecule has 1 saturated heterocycles. The summed E-state index contributed by atoms with van der Waals surface area (Å²) < 4.78 is 17.1. The minimum Gasteiger partial charge on any atom is -0.342 e. The summed E-state index contributed by atoms with van der Waals surface area (Å²) in [5.41, 5.74) is 3.02. The van der Waals surface area contributed by atoms with Crippen LogP contribution in [0.1, 0.15) is 19.3 Å². The Balaban J connectivity index is 1.22. The quantitative estimate of drug-likeness (QED) is 0.456.